The summed E-state index contributed by atoms with van der Waals surface area (Å²) in [5.41, 5.74) is 7.54. The van der Waals surface area contributed by atoms with Gasteiger partial charge in [0, 0.05) is 16.7 Å². The predicted octanol–water partition coefficient (Wildman–Crippen LogP) is 3.53. The van der Waals surface area contributed by atoms with E-state index < -0.39 is 0 Å². The Morgan fingerprint density at radius 2 is 2.15 bits per heavy atom. The average molecular weight is 293 g/mol. The molecule has 0 heterocycles. The Hall–Kier alpha value is -1.00. The Balaban J connectivity index is 1.99. The maximum absolute atomic E-state index is 11.4. The van der Waals surface area contributed by atoms with Crippen LogP contribution in [0.5, 0.6) is 0 Å². The number of thioether (sulfide) groups is 1. The van der Waals surface area contributed by atoms with Gasteiger partial charge in [0.05, 0.1) is 13.5 Å². The van der Waals surface area contributed by atoms with Crippen LogP contribution in [0.25, 0.3) is 0 Å². The van der Waals surface area contributed by atoms with Gasteiger partial charge in [0.1, 0.15) is 0 Å². The van der Waals surface area contributed by atoms with Gasteiger partial charge in [-0.15, -0.1) is 11.8 Å². The smallest absolute Gasteiger partial charge is 0.306 e. The number of hydrogen-bond acceptors (Lipinski definition) is 4. The van der Waals surface area contributed by atoms with Crippen LogP contribution in [0, 0.1) is 5.41 Å². The van der Waals surface area contributed by atoms with Crippen molar-refractivity contribution in [1.82, 2.24) is 0 Å². The fourth-order valence-electron chi connectivity index (χ4n) is 2.30. The van der Waals surface area contributed by atoms with E-state index in [9.17, 15) is 4.79 Å². The summed E-state index contributed by atoms with van der Waals surface area (Å²) in [6.45, 7) is 2.10. The number of esters is 1. The van der Waals surface area contributed by atoms with Crippen LogP contribution in [0.1, 0.15) is 44.2 Å². The monoisotopic (exact) mass is 293 g/mol. The van der Waals surface area contributed by atoms with E-state index in [1.54, 1.807) is 0 Å². The molecule has 1 aliphatic carbocycles. The zero-order valence-corrected chi connectivity index (χ0v) is 13.0. The molecule has 0 radical (unpaired) electrons. The molecule has 0 bridgehead atoms. The molecule has 1 atom stereocenters. The third-order valence-corrected chi connectivity index (χ3v) is 5.44. The molecule has 0 saturated heterocycles. The number of rotatable bonds is 7. The molecule has 0 aromatic heterocycles. The zero-order valence-electron chi connectivity index (χ0n) is 12.2. The number of carbonyl (C=O) groups excluding carboxylic acids is 1. The summed E-state index contributed by atoms with van der Waals surface area (Å²) in [6.07, 6.45) is 3.72. The minimum atomic E-state index is -0.0957. The lowest BCUT2D eigenvalue weighted by molar-refractivity contribution is -0.141. The van der Waals surface area contributed by atoms with Gasteiger partial charge in [0.15, 0.2) is 0 Å². The first-order valence-electron chi connectivity index (χ1n) is 7.14. The van der Waals surface area contributed by atoms with E-state index in [1.165, 1.54) is 17.6 Å². The van der Waals surface area contributed by atoms with Gasteiger partial charge < -0.3 is 10.5 Å². The number of benzene rings is 1. The first-order chi connectivity index (χ1) is 9.60. The van der Waals surface area contributed by atoms with E-state index in [0.29, 0.717) is 6.42 Å². The molecule has 4 heteroatoms. The maximum atomic E-state index is 11.4. The molecule has 1 fully saturated rings. The third-order valence-electron chi connectivity index (χ3n) is 4.00. The zero-order chi connectivity index (χ0) is 14.6. The largest absolute Gasteiger partial charge is 0.469 e. The van der Waals surface area contributed by atoms with Crippen molar-refractivity contribution in [3.63, 3.8) is 0 Å². The lowest BCUT2D eigenvalue weighted by Gasteiger charge is -2.17. The van der Waals surface area contributed by atoms with E-state index in [0.717, 1.165) is 25.0 Å². The van der Waals surface area contributed by atoms with Gasteiger partial charge in [0.2, 0.25) is 0 Å². The number of ether oxygens (including phenoxy) is 1. The van der Waals surface area contributed by atoms with Crippen molar-refractivity contribution < 1.29 is 9.53 Å². The van der Waals surface area contributed by atoms with Gasteiger partial charge in [-0.05, 0) is 36.3 Å². The molecule has 0 amide bonds. The summed E-state index contributed by atoms with van der Waals surface area (Å²) in [6, 6.07) is 8.42. The Bertz CT molecular complexity index is 471. The Kier molecular flexibility index (Phi) is 5.11. The van der Waals surface area contributed by atoms with E-state index in [2.05, 4.69) is 19.1 Å². The van der Waals surface area contributed by atoms with Crippen molar-refractivity contribution in [3.05, 3.63) is 29.8 Å². The minimum absolute atomic E-state index is 0.0921. The maximum Gasteiger partial charge on any atom is 0.306 e. The molecule has 1 saturated carbocycles. The molecule has 110 valence electrons. The molecule has 3 nitrogen and oxygen atoms in total. The van der Waals surface area contributed by atoms with Gasteiger partial charge in [-0.3, -0.25) is 4.79 Å². The first kappa shape index (κ1) is 15.4. The van der Waals surface area contributed by atoms with Crippen molar-refractivity contribution in [3.8, 4) is 0 Å². The van der Waals surface area contributed by atoms with Crippen LogP contribution in [0.15, 0.2) is 29.2 Å². The Labute approximate surface area is 125 Å². The van der Waals surface area contributed by atoms with Crippen LogP contribution < -0.4 is 5.73 Å². The van der Waals surface area contributed by atoms with Gasteiger partial charge in [0.25, 0.3) is 0 Å². The Morgan fingerprint density at radius 3 is 2.75 bits per heavy atom. The lowest BCUT2D eigenvalue weighted by atomic mass is 10.1. The molecule has 20 heavy (non-hydrogen) atoms. The first-order valence-corrected chi connectivity index (χ1v) is 8.13. The molecule has 1 aromatic carbocycles. The summed E-state index contributed by atoms with van der Waals surface area (Å²) >= 11 is 1.82. The van der Waals surface area contributed by atoms with Crippen LogP contribution in [-0.4, -0.2) is 18.8 Å². The molecule has 2 N–H and O–H groups in total. The highest BCUT2D eigenvalue weighted by Crippen LogP contribution is 2.52. The topological polar surface area (TPSA) is 52.3 Å². The molecular formula is C16H23NO2S. The number of methoxy groups -OCH3 is 1. The molecule has 0 spiro atoms. The van der Waals surface area contributed by atoms with E-state index >= 15 is 0 Å². The van der Waals surface area contributed by atoms with Crippen LogP contribution >= 0.6 is 11.8 Å². The summed E-state index contributed by atoms with van der Waals surface area (Å²) < 4.78 is 4.79. The van der Waals surface area contributed by atoms with Crippen LogP contribution in [0.4, 0.5) is 0 Å². The molecule has 1 aromatic rings. The highest BCUT2D eigenvalue weighted by Gasteiger charge is 2.44. The standard InChI is InChI=1S/C16H23NO2S/c1-3-13(17)12-6-4-5-7-14(12)20-11-16(8-9-16)10-15(18)19-2/h4-7,13H,3,8-11,17H2,1-2H3/t13-/m0/s1. The van der Waals surface area contributed by atoms with Crippen molar-refractivity contribution in [2.45, 2.75) is 43.5 Å². The van der Waals surface area contributed by atoms with Crippen molar-refractivity contribution >= 4 is 17.7 Å². The van der Waals surface area contributed by atoms with E-state index in [-0.39, 0.29) is 17.4 Å². The molecule has 2 rings (SSSR count). The highest BCUT2D eigenvalue weighted by atomic mass is 32.2. The summed E-state index contributed by atoms with van der Waals surface area (Å²) in [5, 5.41) is 0. The molecule has 0 unspecified atom stereocenters. The average Bonchev–Trinajstić information content (AvgIpc) is 3.24. The molecule has 0 aliphatic heterocycles. The predicted molar refractivity (Wildman–Crippen MR) is 82.7 cm³/mol. The van der Waals surface area contributed by atoms with E-state index in [1.807, 2.05) is 23.9 Å². The van der Waals surface area contributed by atoms with Crippen molar-refractivity contribution in [2.24, 2.45) is 11.1 Å². The van der Waals surface area contributed by atoms with Crippen LogP contribution in [0.2, 0.25) is 0 Å². The van der Waals surface area contributed by atoms with Crippen molar-refractivity contribution in [2.75, 3.05) is 12.9 Å². The highest BCUT2D eigenvalue weighted by molar-refractivity contribution is 7.99. The summed E-state index contributed by atoms with van der Waals surface area (Å²) in [5.74, 6) is 0.872. The van der Waals surface area contributed by atoms with E-state index in [4.69, 9.17) is 10.5 Å². The number of nitrogens with two attached hydrogens (primary N) is 1. The number of hydrogen-bond donors (Lipinski definition) is 1. The molecular weight excluding hydrogens is 270 g/mol. The second kappa shape index (κ2) is 6.64. The molecule has 1 aliphatic rings. The van der Waals surface area contributed by atoms with Crippen LogP contribution in [0.3, 0.4) is 0 Å². The fourth-order valence-corrected chi connectivity index (χ4v) is 3.71. The fraction of sp³-hybridized carbons (Fsp3) is 0.562. The van der Waals surface area contributed by atoms with Gasteiger partial charge in [-0.1, -0.05) is 25.1 Å². The Morgan fingerprint density at radius 1 is 1.45 bits per heavy atom. The SMILES string of the molecule is CC[C@H](N)c1ccccc1SCC1(CC(=O)OC)CC1. The lowest BCUT2D eigenvalue weighted by Crippen LogP contribution is -2.14. The van der Waals surface area contributed by atoms with Gasteiger partial charge in [-0.2, -0.15) is 0 Å². The minimum Gasteiger partial charge on any atom is -0.469 e. The second-order valence-electron chi connectivity index (χ2n) is 5.59. The van der Waals surface area contributed by atoms with Gasteiger partial charge >= 0.3 is 5.97 Å². The normalized spacial score (nSPS) is 17.6. The number of carbonyl (C=O) groups is 1. The quantitative estimate of drug-likeness (QED) is 0.617. The summed E-state index contributed by atoms with van der Waals surface area (Å²) in [4.78, 5) is 12.7. The second-order valence-corrected chi connectivity index (χ2v) is 6.61. The van der Waals surface area contributed by atoms with Crippen molar-refractivity contribution in [1.29, 1.82) is 0 Å². The van der Waals surface area contributed by atoms with Gasteiger partial charge in [-0.25, -0.2) is 0 Å². The summed E-state index contributed by atoms with van der Waals surface area (Å²) in [7, 11) is 1.46. The third kappa shape index (κ3) is 3.76. The van der Waals surface area contributed by atoms with Crippen LogP contribution in [-0.2, 0) is 9.53 Å².